The number of hydrogen-bond donors (Lipinski definition) is 2. The first-order valence-electron chi connectivity index (χ1n) is 9.23. The Morgan fingerprint density at radius 2 is 1.72 bits per heavy atom. The second-order valence-electron chi connectivity index (χ2n) is 6.75. The van der Waals surface area contributed by atoms with Crippen LogP contribution in [0.15, 0.2) is 58.6 Å². The summed E-state index contributed by atoms with van der Waals surface area (Å²) in [6, 6.07) is 13.7. The quantitative estimate of drug-likeness (QED) is 0.287. The number of nitrogens with zero attached hydrogens (tertiary/aromatic N) is 1. The van der Waals surface area contributed by atoms with Crippen LogP contribution >= 0.6 is 15.9 Å². The second kappa shape index (κ2) is 9.35. The third-order valence-electron chi connectivity index (χ3n) is 4.76. The number of carbonyl (C=O) groups is 2. The molecule has 2 aromatic carbocycles. The molecule has 0 bridgehead atoms. The molecular weight excluding hydrogens is 438 g/mol. The number of likely N-dealkylation sites (tertiary alicyclic amines) is 1. The number of aliphatic hydroxyl groups is 2. The van der Waals surface area contributed by atoms with E-state index in [0.29, 0.717) is 5.56 Å². The van der Waals surface area contributed by atoms with Crippen molar-refractivity contribution in [1.29, 1.82) is 0 Å². The number of aryl methyl sites for hydroxylation is 1. The van der Waals surface area contributed by atoms with Crippen LogP contribution in [0.4, 0.5) is 0 Å². The van der Waals surface area contributed by atoms with E-state index >= 15 is 0 Å². The zero-order valence-corrected chi connectivity index (χ0v) is 17.6. The van der Waals surface area contributed by atoms with Crippen molar-refractivity contribution in [2.75, 3.05) is 26.4 Å². The molecule has 1 aliphatic rings. The van der Waals surface area contributed by atoms with Crippen molar-refractivity contribution in [3.63, 3.8) is 0 Å². The number of ether oxygens (including phenoxy) is 1. The van der Waals surface area contributed by atoms with Crippen LogP contribution in [0.5, 0.6) is 0 Å². The van der Waals surface area contributed by atoms with Gasteiger partial charge in [-0.25, -0.2) is 0 Å². The number of rotatable bonds is 7. The molecule has 1 fully saturated rings. The summed E-state index contributed by atoms with van der Waals surface area (Å²) in [4.78, 5) is 27.0. The van der Waals surface area contributed by atoms with Gasteiger partial charge in [0.2, 0.25) is 0 Å². The van der Waals surface area contributed by atoms with Crippen LogP contribution < -0.4 is 0 Å². The molecule has 6 nitrogen and oxygen atoms in total. The van der Waals surface area contributed by atoms with Crippen molar-refractivity contribution >= 4 is 33.4 Å². The largest absolute Gasteiger partial charge is 0.507 e. The highest BCUT2D eigenvalue weighted by Crippen LogP contribution is 2.39. The van der Waals surface area contributed by atoms with Gasteiger partial charge in [0.25, 0.3) is 11.7 Å². The van der Waals surface area contributed by atoms with E-state index in [1.54, 1.807) is 24.3 Å². The van der Waals surface area contributed by atoms with E-state index in [1.165, 1.54) is 4.90 Å². The molecule has 0 spiro atoms. The zero-order valence-electron chi connectivity index (χ0n) is 16.0. The summed E-state index contributed by atoms with van der Waals surface area (Å²) < 4.78 is 6.12. The molecule has 2 aromatic rings. The predicted octanol–water partition coefficient (Wildman–Crippen LogP) is 3.19. The minimum Gasteiger partial charge on any atom is -0.507 e. The fraction of sp³-hybridized carbons (Fsp3) is 0.273. The second-order valence-corrected chi connectivity index (χ2v) is 7.66. The van der Waals surface area contributed by atoms with Crippen molar-refractivity contribution in [1.82, 2.24) is 4.90 Å². The van der Waals surface area contributed by atoms with Gasteiger partial charge in [-0.2, -0.15) is 0 Å². The Kier molecular flexibility index (Phi) is 6.84. The van der Waals surface area contributed by atoms with Gasteiger partial charge in [-0.05, 0) is 24.6 Å². The van der Waals surface area contributed by atoms with E-state index in [2.05, 4.69) is 15.9 Å². The Bertz CT molecular complexity index is 921. The van der Waals surface area contributed by atoms with Gasteiger partial charge in [-0.3, -0.25) is 9.59 Å². The molecule has 0 aliphatic carbocycles. The van der Waals surface area contributed by atoms with Crippen molar-refractivity contribution in [2.24, 2.45) is 0 Å². The number of amides is 1. The first-order chi connectivity index (χ1) is 13.9. The van der Waals surface area contributed by atoms with E-state index < -0.39 is 17.7 Å². The van der Waals surface area contributed by atoms with Gasteiger partial charge >= 0.3 is 0 Å². The van der Waals surface area contributed by atoms with E-state index in [4.69, 9.17) is 9.84 Å². The molecule has 3 rings (SSSR count). The summed E-state index contributed by atoms with van der Waals surface area (Å²) in [6.07, 6.45) is 0. The molecule has 152 valence electrons. The Labute approximate surface area is 177 Å². The van der Waals surface area contributed by atoms with Gasteiger partial charge in [-0.1, -0.05) is 57.9 Å². The monoisotopic (exact) mass is 459 g/mol. The molecule has 1 atom stereocenters. The summed E-state index contributed by atoms with van der Waals surface area (Å²) >= 11 is 3.35. The van der Waals surface area contributed by atoms with Crippen LogP contribution in [0.3, 0.4) is 0 Å². The van der Waals surface area contributed by atoms with E-state index in [1.807, 2.05) is 31.2 Å². The van der Waals surface area contributed by atoms with Crippen LogP contribution in [0.1, 0.15) is 22.7 Å². The average Bonchev–Trinajstić information content (AvgIpc) is 2.96. The van der Waals surface area contributed by atoms with Crippen molar-refractivity contribution in [3.05, 3.63) is 75.3 Å². The predicted molar refractivity (Wildman–Crippen MR) is 112 cm³/mol. The minimum absolute atomic E-state index is 0.0586. The van der Waals surface area contributed by atoms with E-state index in [-0.39, 0.29) is 37.7 Å². The Morgan fingerprint density at radius 3 is 2.34 bits per heavy atom. The van der Waals surface area contributed by atoms with E-state index in [9.17, 15) is 14.7 Å². The molecule has 29 heavy (non-hydrogen) atoms. The summed E-state index contributed by atoms with van der Waals surface area (Å²) in [5.41, 5.74) is 2.30. The molecule has 1 aliphatic heterocycles. The maximum Gasteiger partial charge on any atom is 0.295 e. The van der Waals surface area contributed by atoms with Gasteiger partial charge < -0.3 is 19.8 Å². The number of aliphatic hydroxyl groups excluding tert-OH is 2. The first-order valence-corrected chi connectivity index (χ1v) is 10.0. The average molecular weight is 460 g/mol. The fourth-order valence-corrected chi connectivity index (χ4v) is 3.56. The molecule has 1 saturated heterocycles. The van der Waals surface area contributed by atoms with Gasteiger partial charge in [0, 0.05) is 16.6 Å². The molecule has 0 radical (unpaired) electrons. The summed E-state index contributed by atoms with van der Waals surface area (Å²) in [5, 5.41) is 19.8. The lowest BCUT2D eigenvalue weighted by Gasteiger charge is -2.25. The number of hydrogen-bond acceptors (Lipinski definition) is 5. The third-order valence-corrected chi connectivity index (χ3v) is 5.29. The summed E-state index contributed by atoms with van der Waals surface area (Å²) in [6.45, 7) is 2.32. The number of halogens is 1. The minimum atomic E-state index is -0.724. The van der Waals surface area contributed by atoms with Crippen LogP contribution in [0.2, 0.25) is 0 Å². The van der Waals surface area contributed by atoms with Crippen molar-refractivity contribution < 1.29 is 24.5 Å². The highest BCUT2D eigenvalue weighted by molar-refractivity contribution is 9.10. The lowest BCUT2D eigenvalue weighted by Crippen LogP contribution is -2.33. The maximum atomic E-state index is 12.8. The summed E-state index contributed by atoms with van der Waals surface area (Å²) in [5.74, 6) is -1.61. The Morgan fingerprint density at radius 1 is 1.07 bits per heavy atom. The highest BCUT2D eigenvalue weighted by atomic mass is 79.9. The Balaban J connectivity index is 2.05. The zero-order chi connectivity index (χ0) is 21.0. The number of Topliss-reactive ketones (excluding diaryl/α,β-unsaturated/α-hetero) is 1. The molecule has 7 heteroatoms. The van der Waals surface area contributed by atoms with E-state index in [0.717, 1.165) is 15.6 Å². The number of benzene rings is 2. The lowest BCUT2D eigenvalue weighted by atomic mass is 9.95. The van der Waals surface area contributed by atoms with Crippen LogP contribution in [0, 0.1) is 6.92 Å². The Hall–Kier alpha value is -2.48. The molecule has 1 heterocycles. The van der Waals surface area contributed by atoms with Gasteiger partial charge in [0.1, 0.15) is 5.76 Å². The van der Waals surface area contributed by atoms with Gasteiger partial charge in [0.15, 0.2) is 0 Å². The third kappa shape index (κ3) is 4.58. The van der Waals surface area contributed by atoms with Gasteiger partial charge in [0.05, 0.1) is 31.4 Å². The standard InChI is InChI=1S/C22H22BrNO5/c1-14-2-4-15(5-3-14)19-18(20(26)16-6-8-17(23)9-7-16)21(27)22(28)24(19)10-12-29-13-11-25/h2-9,19,25-26H,10-13H2,1H3/t19-/m1/s1. The lowest BCUT2D eigenvalue weighted by molar-refractivity contribution is -0.140. The molecular formula is C22H22BrNO5. The molecule has 2 N–H and O–H groups in total. The normalized spacial score (nSPS) is 18.4. The smallest absolute Gasteiger partial charge is 0.295 e. The van der Waals surface area contributed by atoms with Gasteiger partial charge in [-0.15, -0.1) is 0 Å². The number of ketones is 1. The van der Waals surface area contributed by atoms with Crippen LogP contribution in [0.25, 0.3) is 5.76 Å². The van der Waals surface area contributed by atoms with Crippen molar-refractivity contribution in [2.45, 2.75) is 13.0 Å². The first kappa shape index (κ1) is 21.2. The molecule has 0 unspecified atom stereocenters. The maximum absolute atomic E-state index is 12.8. The topological polar surface area (TPSA) is 87.1 Å². The molecule has 0 saturated carbocycles. The molecule has 1 amide bonds. The van der Waals surface area contributed by atoms with Crippen LogP contribution in [-0.2, 0) is 14.3 Å². The SMILES string of the molecule is Cc1ccc([C@@H]2C(=C(O)c3ccc(Br)cc3)C(=O)C(=O)N2CCOCCO)cc1. The fourth-order valence-electron chi connectivity index (χ4n) is 3.30. The number of carbonyl (C=O) groups excluding carboxylic acids is 2. The summed E-state index contributed by atoms with van der Waals surface area (Å²) in [7, 11) is 0. The van der Waals surface area contributed by atoms with Crippen LogP contribution in [-0.4, -0.2) is 53.2 Å². The molecule has 0 aromatic heterocycles. The highest BCUT2D eigenvalue weighted by Gasteiger charge is 2.45. The van der Waals surface area contributed by atoms with Crippen molar-refractivity contribution in [3.8, 4) is 0 Å².